The van der Waals surface area contributed by atoms with E-state index in [0.717, 1.165) is 17.0 Å². The number of nitrogens with zero attached hydrogens (tertiary/aromatic N) is 2. The van der Waals surface area contributed by atoms with E-state index in [1.54, 1.807) is 12.4 Å². The Hall–Kier alpha value is -3.46. The largest absolute Gasteiger partial charge is 0.439 e. The number of hydrogen-bond acceptors (Lipinski definition) is 3. The normalized spacial score (nSPS) is 9.60. The SMILES string of the molecule is c1ccc(Oc2cccc(-c3ccccc3)n2)cc1.c1ccncc1. The number of ether oxygens (including phenoxy) is 1. The van der Waals surface area contributed by atoms with Gasteiger partial charge in [-0.2, -0.15) is 0 Å². The second-order valence-corrected chi connectivity index (χ2v) is 5.17. The van der Waals surface area contributed by atoms with E-state index in [1.807, 2.05) is 97.1 Å². The fourth-order valence-corrected chi connectivity index (χ4v) is 2.16. The van der Waals surface area contributed by atoms with E-state index in [4.69, 9.17) is 4.74 Å². The fourth-order valence-electron chi connectivity index (χ4n) is 2.16. The molecular weight excluding hydrogens is 308 g/mol. The first-order valence-electron chi connectivity index (χ1n) is 8.02. The smallest absolute Gasteiger partial charge is 0.219 e. The number of para-hydroxylation sites is 1. The molecule has 0 N–H and O–H groups in total. The minimum Gasteiger partial charge on any atom is -0.439 e. The molecule has 0 spiro atoms. The Labute approximate surface area is 147 Å². The molecule has 0 radical (unpaired) electrons. The van der Waals surface area contributed by atoms with Gasteiger partial charge in [-0.25, -0.2) is 4.98 Å². The summed E-state index contributed by atoms with van der Waals surface area (Å²) in [6, 6.07) is 31.2. The van der Waals surface area contributed by atoms with Crippen molar-refractivity contribution in [3.8, 4) is 22.9 Å². The van der Waals surface area contributed by atoms with Gasteiger partial charge >= 0.3 is 0 Å². The van der Waals surface area contributed by atoms with Gasteiger partial charge in [0.1, 0.15) is 5.75 Å². The molecule has 2 heterocycles. The molecule has 25 heavy (non-hydrogen) atoms. The lowest BCUT2D eigenvalue weighted by molar-refractivity contribution is 0.463. The van der Waals surface area contributed by atoms with Crippen LogP contribution >= 0.6 is 0 Å². The van der Waals surface area contributed by atoms with E-state index in [9.17, 15) is 0 Å². The molecule has 0 amide bonds. The summed E-state index contributed by atoms with van der Waals surface area (Å²) in [4.78, 5) is 8.30. The van der Waals surface area contributed by atoms with Crippen molar-refractivity contribution in [2.24, 2.45) is 0 Å². The average Bonchev–Trinajstić information content (AvgIpc) is 2.71. The first-order valence-corrected chi connectivity index (χ1v) is 8.02. The molecule has 2 aromatic heterocycles. The molecule has 0 aliphatic heterocycles. The van der Waals surface area contributed by atoms with Crippen LogP contribution < -0.4 is 4.74 Å². The standard InChI is InChI=1S/C17H13NO.C5H5N/c1-3-8-14(9-4-1)16-12-7-13-17(18-16)19-15-10-5-2-6-11-15;1-2-4-6-5-3-1/h1-13H;1-5H. The molecule has 0 atom stereocenters. The van der Waals surface area contributed by atoms with Crippen LogP contribution in [-0.4, -0.2) is 9.97 Å². The lowest BCUT2D eigenvalue weighted by Crippen LogP contribution is -1.89. The summed E-state index contributed by atoms with van der Waals surface area (Å²) in [5.74, 6) is 1.40. The molecular formula is C22H18N2O. The molecule has 0 aliphatic rings. The van der Waals surface area contributed by atoms with E-state index >= 15 is 0 Å². The minimum absolute atomic E-state index is 0.604. The predicted octanol–water partition coefficient (Wildman–Crippen LogP) is 5.62. The Bertz CT molecular complexity index is 839. The zero-order valence-electron chi connectivity index (χ0n) is 13.7. The second kappa shape index (κ2) is 8.99. The Kier molecular flexibility index (Phi) is 5.90. The van der Waals surface area contributed by atoms with Gasteiger partial charge < -0.3 is 4.74 Å². The van der Waals surface area contributed by atoms with Crippen LogP contribution in [0.4, 0.5) is 0 Å². The van der Waals surface area contributed by atoms with Gasteiger partial charge in [-0.3, -0.25) is 4.98 Å². The van der Waals surface area contributed by atoms with E-state index in [-0.39, 0.29) is 0 Å². The van der Waals surface area contributed by atoms with E-state index in [1.165, 1.54) is 0 Å². The first kappa shape index (κ1) is 16.4. The van der Waals surface area contributed by atoms with Crippen LogP contribution in [0.25, 0.3) is 11.3 Å². The van der Waals surface area contributed by atoms with Crippen molar-refractivity contribution in [1.82, 2.24) is 9.97 Å². The highest BCUT2D eigenvalue weighted by molar-refractivity contribution is 5.59. The highest BCUT2D eigenvalue weighted by atomic mass is 16.5. The zero-order valence-corrected chi connectivity index (χ0v) is 13.7. The molecule has 4 aromatic rings. The molecule has 3 nitrogen and oxygen atoms in total. The monoisotopic (exact) mass is 326 g/mol. The third kappa shape index (κ3) is 5.29. The molecule has 2 aromatic carbocycles. The van der Waals surface area contributed by atoms with Crippen molar-refractivity contribution in [3.05, 3.63) is 109 Å². The zero-order chi connectivity index (χ0) is 17.2. The number of hydrogen-bond donors (Lipinski definition) is 0. The summed E-state index contributed by atoms with van der Waals surface area (Å²) in [6.07, 6.45) is 3.50. The van der Waals surface area contributed by atoms with Gasteiger partial charge in [0.25, 0.3) is 0 Å². The Morgan fingerprint density at radius 3 is 1.80 bits per heavy atom. The lowest BCUT2D eigenvalue weighted by Gasteiger charge is -2.06. The molecule has 3 heteroatoms. The summed E-state index contributed by atoms with van der Waals surface area (Å²) in [5, 5.41) is 0. The summed E-state index contributed by atoms with van der Waals surface area (Å²) >= 11 is 0. The number of rotatable bonds is 3. The van der Waals surface area contributed by atoms with Gasteiger partial charge in [0, 0.05) is 24.0 Å². The molecule has 0 aliphatic carbocycles. The van der Waals surface area contributed by atoms with Crippen LogP contribution in [0.2, 0.25) is 0 Å². The average molecular weight is 326 g/mol. The van der Waals surface area contributed by atoms with E-state index in [0.29, 0.717) is 5.88 Å². The van der Waals surface area contributed by atoms with Crippen LogP contribution in [0.15, 0.2) is 109 Å². The molecule has 0 bridgehead atoms. The maximum atomic E-state index is 5.73. The van der Waals surface area contributed by atoms with Crippen LogP contribution in [-0.2, 0) is 0 Å². The van der Waals surface area contributed by atoms with Gasteiger partial charge in [-0.1, -0.05) is 60.7 Å². The summed E-state index contributed by atoms with van der Waals surface area (Å²) in [7, 11) is 0. The maximum Gasteiger partial charge on any atom is 0.219 e. The van der Waals surface area contributed by atoms with Crippen molar-refractivity contribution in [2.45, 2.75) is 0 Å². The van der Waals surface area contributed by atoms with Crippen molar-refractivity contribution in [1.29, 1.82) is 0 Å². The highest BCUT2D eigenvalue weighted by Gasteiger charge is 2.02. The first-order chi connectivity index (χ1) is 12.4. The lowest BCUT2D eigenvalue weighted by atomic mass is 10.1. The summed E-state index contributed by atoms with van der Waals surface area (Å²) in [6.45, 7) is 0. The van der Waals surface area contributed by atoms with Crippen LogP contribution in [0.1, 0.15) is 0 Å². The topological polar surface area (TPSA) is 35.0 Å². The number of pyridine rings is 2. The third-order valence-corrected chi connectivity index (χ3v) is 3.33. The molecule has 0 fully saturated rings. The molecule has 0 saturated carbocycles. The number of aromatic nitrogens is 2. The molecule has 0 saturated heterocycles. The molecule has 4 rings (SSSR count). The van der Waals surface area contributed by atoms with Crippen LogP contribution in [0.3, 0.4) is 0 Å². The van der Waals surface area contributed by atoms with Gasteiger partial charge in [0.15, 0.2) is 0 Å². The minimum atomic E-state index is 0.604. The predicted molar refractivity (Wildman–Crippen MR) is 100 cm³/mol. The van der Waals surface area contributed by atoms with Crippen LogP contribution in [0, 0.1) is 0 Å². The van der Waals surface area contributed by atoms with Gasteiger partial charge in [-0.05, 0) is 30.3 Å². The Balaban J connectivity index is 0.000000258. The second-order valence-electron chi connectivity index (χ2n) is 5.17. The van der Waals surface area contributed by atoms with Crippen molar-refractivity contribution in [2.75, 3.05) is 0 Å². The third-order valence-electron chi connectivity index (χ3n) is 3.33. The van der Waals surface area contributed by atoms with Crippen LogP contribution in [0.5, 0.6) is 11.6 Å². The quantitative estimate of drug-likeness (QED) is 0.490. The molecule has 0 unspecified atom stereocenters. The fraction of sp³-hybridized carbons (Fsp3) is 0. The van der Waals surface area contributed by atoms with Crippen molar-refractivity contribution >= 4 is 0 Å². The van der Waals surface area contributed by atoms with Gasteiger partial charge in [-0.15, -0.1) is 0 Å². The summed E-state index contributed by atoms with van der Waals surface area (Å²) in [5.41, 5.74) is 2.00. The van der Waals surface area contributed by atoms with Gasteiger partial charge in [0.2, 0.25) is 5.88 Å². The van der Waals surface area contributed by atoms with Gasteiger partial charge in [0.05, 0.1) is 5.69 Å². The van der Waals surface area contributed by atoms with E-state index < -0.39 is 0 Å². The van der Waals surface area contributed by atoms with Crippen molar-refractivity contribution in [3.63, 3.8) is 0 Å². The molecule has 122 valence electrons. The van der Waals surface area contributed by atoms with Crippen molar-refractivity contribution < 1.29 is 4.74 Å². The Morgan fingerprint density at radius 1 is 0.560 bits per heavy atom. The van der Waals surface area contributed by atoms with E-state index in [2.05, 4.69) is 9.97 Å². The Morgan fingerprint density at radius 2 is 1.20 bits per heavy atom. The number of benzene rings is 2. The maximum absolute atomic E-state index is 5.73. The highest BCUT2D eigenvalue weighted by Crippen LogP contribution is 2.23. The summed E-state index contributed by atoms with van der Waals surface area (Å²) < 4.78 is 5.73.